The maximum atomic E-state index is 13.1. The zero-order valence-electron chi connectivity index (χ0n) is 15.7. The summed E-state index contributed by atoms with van der Waals surface area (Å²) < 4.78 is 5.28. The second-order valence-electron chi connectivity index (χ2n) is 7.08. The molecule has 0 saturated carbocycles. The highest BCUT2D eigenvalue weighted by atomic mass is 32.2. The van der Waals surface area contributed by atoms with Crippen LogP contribution in [0.3, 0.4) is 0 Å². The first-order chi connectivity index (χ1) is 13.2. The number of benzene rings is 1. The van der Waals surface area contributed by atoms with Gasteiger partial charge in [-0.25, -0.2) is 4.72 Å². The molecule has 5 nitrogen and oxygen atoms in total. The average molecular weight is 383 g/mol. The standard InChI is InChI=1S/C21H26N4OS/c1-17-9-13-25(14-10-17)21(26)20(23-27-19-7-3-2-4-8-19)11-15-24-12-5-6-18(24)16-22/h2-8,12,17,20,23H,9-11,13-15H2,1H3. The van der Waals surface area contributed by atoms with E-state index in [1.165, 1.54) is 11.9 Å². The summed E-state index contributed by atoms with van der Waals surface area (Å²) in [6.45, 7) is 4.56. The number of nitriles is 1. The molecule has 2 aromatic rings. The van der Waals surface area contributed by atoms with Crippen LogP contribution in [0.25, 0.3) is 0 Å². The molecule has 1 aliphatic heterocycles. The van der Waals surface area contributed by atoms with Gasteiger partial charge in [-0.3, -0.25) is 4.79 Å². The van der Waals surface area contributed by atoms with Gasteiger partial charge in [-0.05, 0) is 61.4 Å². The molecule has 1 aromatic carbocycles. The number of rotatable bonds is 7. The predicted molar refractivity (Wildman–Crippen MR) is 108 cm³/mol. The molecule has 2 heterocycles. The van der Waals surface area contributed by atoms with Crippen molar-refractivity contribution in [2.75, 3.05) is 13.1 Å². The first kappa shape index (κ1) is 19.5. The van der Waals surface area contributed by atoms with Gasteiger partial charge in [-0.15, -0.1) is 0 Å². The Morgan fingerprint density at radius 2 is 2.00 bits per heavy atom. The smallest absolute Gasteiger partial charge is 0.240 e. The van der Waals surface area contributed by atoms with Crippen molar-refractivity contribution in [1.29, 1.82) is 5.26 Å². The van der Waals surface area contributed by atoms with Crippen LogP contribution in [-0.2, 0) is 11.3 Å². The number of hydrogen-bond acceptors (Lipinski definition) is 4. The number of carbonyl (C=O) groups excluding carboxylic acids is 1. The first-order valence-electron chi connectivity index (χ1n) is 9.49. The molecule has 6 heteroatoms. The van der Waals surface area contributed by atoms with Crippen LogP contribution in [0.4, 0.5) is 0 Å². The number of nitrogens with one attached hydrogen (secondary N) is 1. The van der Waals surface area contributed by atoms with Gasteiger partial charge in [0.2, 0.25) is 5.91 Å². The highest BCUT2D eigenvalue weighted by molar-refractivity contribution is 7.97. The summed E-state index contributed by atoms with van der Waals surface area (Å²) >= 11 is 1.50. The van der Waals surface area contributed by atoms with E-state index in [-0.39, 0.29) is 11.9 Å². The molecular weight excluding hydrogens is 356 g/mol. The summed E-state index contributed by atoms with van der Waals surface area (Å²) in [4.78, 5) is 16.2. The molecule has 0 aliphatic carbocycles. The number of nitrogens with zero attached hydrogens (tertiary/aromatic N) is 3. The molecular formula is C21H26N4OS. The lowest BCUT2D eigenvalue weighted by Gasteiger charge is -2.33. The molecule has 1 fully saturated rings. The van der Waals surface area contributed by atoms with E-state index in [2.05, 4.69) is 17.7 Å². The minimum absolute atomic E-state index is 0.163. The van der Waals surface area contributed by atoms with E-state index in [0.717, 1.165) is 30.8 Å². The molecule has 3 rings (SSSR count). The van der Waals surface area contributed by atoms with E-state index in [1.807, 2.05) is 52.1 Å². The molecule has 1 atom stereocenters. The summed E-state index contributed by atoms with van der Waals surface area (Å²) in [7, 11) is 0. The van der Waals surface area contributed by atoms with Crippen molar-refractivity contribution in [1.82, 2.24) is 14.2 Å². The van der Waals surface area contributed by atoms with E-state index in [0.29, 0.717) is 24.6 Å². The lowest BCUT2D eigenvalue weighted by atomic mass is 9.98. The van der Waals surface area contributed by atoms with E-state index in [4.69, 9.17) is 0 Å². The van der Waals surface area contributed by atoms with Crippen molar-refractivity contribution < 1.29 is 4.79 Å². The van der Waals surface area contributed by atoms with Gasteiger partial charge in [0.05, 0.1) is 6.04 Å². The van der Waals surface area contributed by atoms with Crippen LogP contribution in [0.5, 0.6) is 0 Å². The molecule has 1 saturated heterocycles. The highest BCUT2D eigenvalue weighted by Crippen LogP contribution is 2.20. The van der Waals surface area contributed by atoms with E-state index < -0.39 is 0 Å². The van der Waals surface area contributed by atoms with Crippen LogP contribution in [0.15, 0.2) is 53.6 Å². The van der Waals surface area contributed by atoms with E-state index >= 15 is 0 Å². The quantitative estimate of drug-likeness (QED) is 0.742. The monoisotopic (exact) mass is 382 g/mol. The Bertz CT molecular complexity index is 775. The van der Waals surface area contributed by atoms with Crippen molar-refractivity contribution in [3.05, 3.63) is 54.4 Å². The van der Waals surface area contributed by atoms with Crippen LogP contribution in [0.2, 0.25) is 0 Å². The number of piperidine rings is 1. The largest absolute Gasteiger partial charge is 0.341 e. The summed E-state index contributed by atoms with van der Waals surface area (Å²) in [5.74, 6) is 0.855. The van der Waals surface area contributed by atoms with E-state index in [1.54, 1.807) is 6.07 Å². The SMILES string of the molecule is CC1CCN(C(=O)C(CCn2cccc2C#N)NSc2ccccc2)CC1. The average Bonchev–Trinajstić information content (AvgIpc) is 3.16. The van der Waals surface area contributed by atoms with Gasteiger partial charge < -0.3 is 9.47 Å². The second-order valence-corrected chi connectivity index (χ2v) is 7.99. The Kier molecular flexibility index (Phi) is 6.97. The second kappa shape index (κ2) is 9.63. The van der Waals surface area contributed by atoms with Gasteiger partial charge in [0.25, 0.3) is 0 Å². The Hall–Kier alpha value is -2.23. The Morgan fingerprint density at radius 1 is 1.26 bits per heavy atom. The molecule has 1 N–H and O–H groups in total. The number of amides is 1. The highest BCUT2D eigenvalue weighted by Gasteiger charge is 2.27. The Balaban J connectivity index is 1.65. The molecule has 27 heavy (non-hydrogen) atoms. The van der Waals surface area contributed by atoms with Crippen LogP contribution < -0.4 is 4.72 Å². The van der Waals surface area contributed by atoms with Crippen molar-refractivity contribution in [2.24, 2.45) is 5.92 Å². The Labute approximate surface area is 165 Å². The minimum atomic E-state index is -0.280. The first-order valence-corrected chi connectivity index (χ1v) is 10.3. The van der Waals surface area contributed by atoms with Gasteiger partial charge in [-0.2, -0.15) is 5.26 Å². The third-order valence-corrected chi connectivity index (χ3v) is 5.97. The number of likely N-dealkylation sites (tertiary alicyclic amines) is 1. The van der Waals surface area contributed by atoms with Crippen molar-refractivity contribution in [2.45, 2.75) is 43.7 Å². The molecule has 0 radical (unpaired) electrons. The molecule has 1 unspecified atom stereocenters. The van der Waals surface area contributed by atoms with Crippen LogP contribution in [-0.4, -0.2) is 34.5 Å². The number of aryl methyl sites for hydroxylation is 1. The fourth-order valence-corrected chi connectivity index (χ4v) is 4.08. The summed E-state index contributed by atoms with van der Waals surface area (Å²) in [6.07, 6.45) is 4.68. The lowest BCUT2D eigenvalue weighted by Crippen LogP contribution is -2.47. The third kappa shape index (κ3) is 5.38. The third-order valence-electron chi connectivity index (χ3n) is 5.06. The van der Waals surface area contributed by atoms with Gasteiger partial charge in [0, 0.05) is 30.7 Å². The molecule has 1 amide bonds. The van der Waals surface area contributed by atoms with Crippen LogP contribution >= 0.6 is 11.9 Å². The van der Waals surface area contributed by atoms with Gasteiger partial charge >= 0.3 is 0 Å². The normalized spacial score (nSPS) is 16.1. The number of carbonyl (C=O) groups is 1. The number of hydrogen-bond donors (Lipinski definition) is 1. The summed E-state index contributed by atoms with van der Waals surface area (Å²) in [6, 6.07) is 15.6. The Morgan fingerprint density at radius 3 is 2.70 bits per heavy atom. The fourth-order valence-electron chi connectivity index (χ4n) is 3.29. The van der Waals surface area contributed by atoms with Gasteiger partial charge in [-0.1, -0.05) is 25.1 Å². The molecule has 1 aliphatic rings. The fraction of sp³-hybridized carbons (Fsp3) is 0.429. The number of aromatic nitrogens is 1. The van der Waals surface area contributed by atoms with E-state index in [9.17, 15) is 10.1 Å². The van der Waals surface area contributed by atoms with Crippen LogP contribution in [0.1, 0.15) is 31.9 Å². The zero-order chi connectivity index (χ0) is 19.1. The molecule has 1 aromatic heterocycles. The summed E-state index contributed by atoms with van der Waals surface area (Å²) in [5, 5.41) is 9.20. The predicted octanol–water partition coefficient (Wildman–Crippen LogP) is 3.67. The topological polar surface area (TPSA) is 61.1 Å². The van der Waals surface area contributed by atoms with Crippen molar-refractivity contribution in [3.8, 4) is 6.07 Å². The van der Waals surface area contributed by atoms with Gasteiger partial charge in [0.15, 0.2) is 0 Å². The van der Waals surface area contributed by atoms with Gasteiger partial charge in [0.1, 0.15) is 11.8 Å². The van der Waals surface area contributed by atoms with Crippen molar-refractivity contribution >= 4 is 17.9 Å². The maximum absolute atomic E-state index is 13.1. The minimum Gasteiger partial charge on any atom is -0.341 e. The molecule has 0 spiro atoms. The molecule has 142 valence electrons. The van der Waals surface area contributed by atoms with Crippen molar-refractivity contribution in [3.63, 3.8) is 0 Å². The summed E-state index contributed by atoms with van der Waals surface area (Å²) in [5.41, 5.74) is 0.628. The van der Waals surface area contributed by atoms with Crippen LogP contribution in [0, 0.1) is 17.2 Å². The molecule has 0 bridgehead atoms. The maximum Gasteiger partial charge on any atom is 0.240 e. The zero-order valence-corrected chi connectivity index (χ0v) is 16.5. The lowest BCUT2D eigenvalue weighted by molar-refractivity contribution is -0.134.